The average molecular weight is 210 g/mol. The Morgan fingerprint density at radius 3 is 1.85 bits per heavy atom. The fourth-order valence-electron chi connectivity index (χ4n) is 0.226. The van der Waals surface area contributed by atoms with Crippen LogP contribution in [0.15, 0.2) is 0 Å². The third kappa shape index (κ3) is 14.8. The predicted molar refractivity (Wildman–Crippen MR) is 54.3 cm³/mol. The number of nitrogens with two attached hydrogens (primary N) is 1. The van der Waals surface area contributed by atoms with Crippen molar-refractivity contribution >= 4 is 8.25 Å². The molecule has 0 bridgehead atoms. The first-order chi connectivity index (χ1) is 5.95. The van der Waals surface area contributed by atoms with E-state index in [9.17, 15) is 4.57 Å². The summed E-state index contributed by atoms with van der Waals surface area (Å²) in [5.74, 6) is 0.0658. The highest BCUT2D eigenvalue weighted by molar-refractivity contribution is 7.32. The molecule has 0 saturated heterocycles. The number of hydrogen-bond acceptors (Lipinski definition) is 3. The summed E-state index contributed by atoms with van der Waals surface area (Å²) < 4.78 is 14.3. The molecule has 13 heavy (non-hydrogen) atoms. The molecule has 5 heteroatoms. The molecule has 0 aliphatic heterocycles. The maximum atomic E-state index is 9.96. The molecule has 0 amide bonds. The van der Waals surface area contributed by atoms with Crippen LogP contribution in [-0.4, -0.2) is 11.1 Å². The summed E-state index contributed by atoms with van der Waals surface area (Å²) >= 11 is 0. The lowest BCUT2D eigenvalue weighted by molar-refractivity contribution is 0.149. The molecule has 0 fully saturated rings. The Hall–Kier alpha value is -0.0200. The summed E-state index contributed by atoms with van der Waals surface area (Å²) in [6.45, 7) is 7.98. The van der Waals surface area contributed by atoms with Crippen LogP contribution in [-0.2, 0) is 9.09 Å². The lowest BCUT2D eigenvalue weighted by Crippen LogP contribution is -2.26. The summed E-state index contributed by atoms with van der Waals surface area (Å²) in [5.41, 5.74) is 5.25. The van der Waals surface area contributed by atoms with Crippen LogP contribution < -0.4 is 5.73 Å². The van der Waals surface area contributed by atoms with Crippen molar-refractivity contribution in [2.75, 3.05) is 0 Å². The SMILES string of the molecule is CC(C)C(N)O[P+](=O)O.CCCC. The first kappa shape index (κ1) is 15.5. The monoisotopic (exact) mass is 210 g/mol. The van der Waals surface area contributed by atoms with Crippen molar-refractivity contribution in [3.8, 4) is 0 Å². The van der Waals surface area contributed by atoms with Gasteiger partial charge in [-0.15, -0.1) is 9.42 Å². The van der Waals surface area contributed by atoms with Crippen molar-refractivity contribution in [2.45, 2.75) is 46.8 Å². The summed E-state index contributed by atoms with van der Waals surface area (Å²) in [4.78, 5) is 8.18. The fourth-order valence-corrected chi connectivity index (χ4v) is 0.678. The third-order valence-corrected chi connectivity index (χ3v) is 1.79. The van der Waals surface area contributed by atoms with E-state index >= 15 is 0 Å². The quantitative estimate of drug-likeness (QED) is 0.552. The highest BCUT2D eigenvalue weighted by Gasteiger charge is 2.21. The van der Waals surface area contributed by atoms with E-state index in [1.165, 1.54) is 12.8 Å². The van der Waals surface area contributed by atoms with Gasteiger partial charge in [0.1, 0.15) is 0 Å². The Balaban J connectivity index is 0. The van der Waals surface area contributed by atoms with E-state index in [0.717, 1.165) is 0 Å². The molecule has 0 aliphatic rings. The molecule has 0 aliphatic carbocycles. The van der Waals surface area contributed by atoms with Gasteiger partial charge in [-0.05, 0) is 5.92 Å². The third-order valence-electron chi connectivity index (χ3n) is 1.37. The van der Waals surface area contributed by atoms with Crippen LogP contribution in [0.1, 0.15) is 40.5 Å². The molecule has 0 rings (SSSR count). The van der Waals surface area contributed by atoms with Crippen molar-refractivity contribution in [3.63, 3.8) is 0 Å². The van der Waals surface area contributed by atoms with Crippen LogP contribution in [0.2, 0.25) is 0 Å². The number of unbranched alkanes of at least 4 members (excludes halogenated alkanes) is 1. The van der Waals surface area contributed by atoms with E-state index in [1.807, 2.05) is 13.8 Å². The highest BCUT2D eigenvalue weighted by atomic mass is 31.1. The van der Waals surface area contributed by atoms with E-state index in [0.29, 0.717) is 0 Å². The highest BCUT2D eigenvalue weighted by Crippen LogP contribution is 2.18. The minimum Gasteiger partial charge on any atom is -0.302 e. The van der Waals surface area contributed by atoms with Gasteiger partial charge in [0.2, 0.25) is 0 Å². The molecule has 0 aromatic carbocycles. The molecule has 0 heterocycles. The molecular formula is C8H21NO3P+. The van der Waals surface area contributed by atoms with E-state index in [-0.39, 0.29) is 5.92 Å². The van der Waals surface area contributed by atoms with Crippen LogP contribution in [0.3, 0.4) is 0 Å². The average Bonchev–Trinajstić information content (AvgIpc) is 2.03. The fraction of sp³-hybridized carbons (Fsp3) is 1.00. The molecule has 0 aromatic heterocycles. The molecule has 0 aromatic rings. The summed E-state index contributed by atoms with van der Waals surface area (Å²) in [6.07, 6.45) is 2.00. The molecule has 80 valence electrons. The lowest BCUT2D eigenvalue weighted by Gasteiger charge is -2.05. The number of hydrogen-bond donors (Lipinski definition) is 2. The zero-order valence-corrected chi connectivity index (χ0v) is 9.75. The maximum absolute atomic E-state index is 9.96. The second-order valence-electron chi connectivity index (χ2n) is 3.05. The van der Waals surface area contributed by atoms with Gasteiger partial charge >= 0.3 is 8.25 Å². The van der Waals surface area contributed by atoms with Gasteiger partial charge in [0.15, 0.2) is 6.23 Å². The first-order valence-electron chi connectivity index (χ1n) is 4.54. The van der Waals surface area contributed by atoms with Crippen LogP contribution in [0.4, 0.5) is 0 Å². The van der Waals surface area contributed by atoms with Crippen molar-refractivity contribution in [1.29, 1.82) is 0 Å². The van der Waals surface area contributed by atoms with Gasteiger partial charge in [-0.1, -0.05) is 40.5 Å². The van der Waals surface area contributed by atoms with Gasteiger partial charge < -0.3 is 5.73 Å². The van der Waals surface area contributed by atoms with Crippen LogP contribution in [0, 0.1) is 5.92 Å². The zero-order valence-electron chi connectivity index (χ0n) is 8.86. The second-order valence-corrected chi connectivity index (χ2v) is 3.74. The largest absolute Gasteiger partial charge is 0.696 e. The van der Waals surface area contributed by atoms with E-state index in [1.54, 1.807) is 0 Å². The van der Waals surface area contributed by atoms with Crippen molar-refractivity contribution in [3.05, 3.63) is 0 Å². The van der Waals surface area contributed by atoms with E-state index in [4.69, 9.17) is 10.6 Å². The zero-order chi connectivity index (χ0) is 10.9. The van der Waals surface area contributed by atoms with E-state index < -0.39 is 14.5 Å². The number of rotatable bonds is 4. The Labute approximate surface area is 81.4 Å². The van der Waals surface area contributed by atoms with Crippen LogP contribution >= 0.6 is 8.25 Å². The first-order valence-corrected chi connectivity index (χ1v) is 5.67. The van der Waals surface area contributed by atoms with Crippen molar-refractivity contribution < 1.29 is 14.0 Å². The molecular weight excluding hydrogens is 189 g/mol. The van der Waals surface area contributed by atoms with E-state index in [2.05, 4.69) is 18.4 Å². The Morgan fingerprint density at radius 2 is 1.77 bits per heavy atom. The van der Waals surface area contributed by atoms with Gasteiger partial charge in [-0.25, -0.2) is 0 Å². The minimum atomic E-state index is -2.55. The van der Waals surface area contributed by atoms with Crippen molar-refractivity contribution in [1.82, 2.24) is 0 Å². The van der Waals surface area contributed by atoms with Gasteiger partial charge in [-0.3, -0.25) is 0 Å². The van der Waals surface area contributed by atoms with Gasteiger partial charge in [0, 0.05) is 4.57 Å². The molecule has 0 radical (unpaired) electrons. The Morgan fingerprint density at radius 1 is 1.38 bits per heavy atom. The standard InChI is InChI=1S/C4H10NO3P.C4H10/c1-3(2)4(5)8-9(6)7;1-3-4-2/h3-4H,5H2,1-2H3;3-4H2,1-2H3/p+1. The summed E-state index contributed by atoms with van der Waals surface area (Å²) in [7, 11) is -2.55. The van der Waals surface area contributed by atoms with Gasteiger partial charge in [0.05, 0.1) is 0 Å². The predicted octanol–water partition coefficient (Wildman–Crippen LogP) is 2.40. The maximum Gasteiger partial charge on any atom is 0.696 e. The second kappa shape index (κ2) is 10.1. The van der Waals surface area contributed by atoms with Crippen LogP contribution in [0.25, 0.3) is 0 Å². The van der Waals surface area contributed by atoms with Crippen molar-refractivity contribution in [2.24, 2.45) is 11.7 Å². The Kier molecular flexibility index (Phi) is 12.0. The Bertz CT molecular complexity index is 129. The smallest absolute Gasteiger partial charge is 0.302 e. The lowest BCUT2D eigenvalue weighted by atomic mass is 10.2. The molecule has 2 atom stereocenters. The molecule has 3 N–H and O–H groups in total. The minimum absolute atomic E-state index is 0.0658. The topological polar surface area (TPSA) is 72.5 Å². The van der Waals surface area contributed by atoms with Gasteiger partial charge in [-0.2, -0.15) is 0 Å². The van der Waals surface area contributed by atoms with Crippen LogP contribution in [0.5, 0.6) is 0 Å². The molecule has 0 saturated carbocycles. The molecule has 4 nitrogen and oxygen atoms in total. The summed E-state index contributed by atoms with van der Waals surface area (Å²) in [6, 6.07) is 0. The molecule has 0 spiro atoms. The summed E-state index contributed by atoms with van der Waals surface area (Å²) in [5, 5.41) is 0. The normalized spacial score (nSPS) is 13.3. The van der Waals surface area contributed by atoms with Gasteiger partial charge in [0.25, 0.3) is 0 Å². The molecule has 2 unspecified atom stereocenters.